The molecule has 1 aromatic rings. The number of nitrogens with one attached hydrogen (secondary N) is 1. The van der Waals surface area contributed by atoms with Crippen LogP contribution in [0.1, 0.15) is 68.5 Å². The summed E-state index contributed by atoms with van der Waals surface area (Å²) in [5.41, 5.74) is 1.33. The maximum Gasteiger partial charge on any atom is 0.0962 e. The summed E-state index contributed by atoms with van der Waals surface area (Å²) in [5, 5.41) is 4.96. The number of hydrogen-bond acceptors (Lipinski definition) is 3. The molecule has 0 amide bonds. The molecule has 1 saturated carbocycles. The van der Waals surface area contributed by atoms with Gasteiger partial charge >= 0.3 is 0 Å². The highest BCUT2D eigenvalue weighted by Gasteiger charge is 2.26. The minimum absolute atomic E-state index is 0.716. The number of nitrogens with zero attached hydrogens (tertiary/aromatic N) is 1. The van der Waals surface area contributed by atoms with Crippen LogP contribution in [0.25, 0.3) is 0 Å². The second kappa shape index (κ2) is 6.85. The standard InChI is InChI=1S/C16H28N2S/c1-5-14-15(10-17-9-11(2)3)19-16(18-14)13-7-6-12(4)8-13/h11-13,17H,5-10H2,1-4H3. The average Bonchev–Trinajstić information content (AvgIpc) is 2.95. The van der Waals surface area contributed by atoms with Crippen molar-refractivity contribution >= 4 is 11.3 Å². The van der Waals surface area contributed by atoms with E-state index in [1.165, 1.54) is 34.8 Å². The highest BCUT2D eigenvalue weighted by molar-refractivity contribution is 7.11. The minimum Gasteiger partial charge on any atom is -0.312 e. The maximum atomic E-state index is 4.92. The van der Waals surface area contributed by atoms with E-state index < -0.39 is 0 Å². The minimum atomic E-state index is 0.716. The molecule has 1 aliphatic rings. The molecule has 0 saturated heterocycles. The first kappa shape index (κ1) is 15.0. The van der Waals surface area contributed by atoms with Gasteiger partial charge < -0.3 is 5.32 Å². The van der Waals surface area contributed by atoms with Crippen molar-refractivity contribution in [3.63, 3.8) is 0 Å². The first-order valence-corrected chi connectivity index (χ1v) is 8.61. The Hall–Kier alpha value is -0.410. The number of aromatic nitrogens is 1. The van der Waals surface area contributed by atoms with Gasteiger partial charge in [0.2, 0.25) is 0 Å². The van der Waals surface area contributed by atoms with E-state index in [2.05, 4.69) is 33.0 Å². The van der Waals surface area contributed by atoms with E-state index in [1.54, 1.807) is 0 Å². The van der Waals surface area contributed by atoms with Crippen LogP contribution in [0.4, 0.5) is 0 Å². The van der Waals surface area contributed by atoms with Gasteiger partial charge in [0.05, 0.1) is 10.7 Å². The van der Waals surface area contributed by atoms with Crippen molar-refractivity contribution < 1.29 is 0 Å². The van der Waals surface area contributed by atoms with Crippen molar-refractivity contribution in [3.8, 4) is 0 Å². The molecule has 2 nitrogen and oxygen atoms in total. The Morgan fingerprint density at radius 1 is 1.37 bits per heavy atom. The van der Waals surface area contributed by atoms with Gasteiger partial charge in [0.25, 0.3) is 0 Å². The fraction of sp³-hybridized carbons (Fsp3) is 0.812. The van der Waals surface area contributed by atoms with Crippen molar-refractivity contribution in [1.82, 2.24) is 10.3 Å². The molecule has 2 unspecified atom stereocenters. The molecule has 0 bridgehead atoms. The van der Waals surface area contributed by atoms with Crippen LogP contribution in [0.2, 0.25) is 0 Å². The fourth-order valence-electron chi connectivity index (χ4n) is 2.90. The second-order valence-electron chi connectivity index (χ2n) is 6.42. The number of thiazole rings is 1. The van der Waals surface area contributed by atoms with Gasteiger partial charge in [0, 0.05) is 17.3 Å². The predicted molar refractivity (Wildman–Crippen MR) is 83.8 cm³/mol. The quantitative estimate of drug-likeness (QED) is 0.837. The van der Waals surface area contributed by atoms with Crippen molar-refractivity contribution in [3.05, 3.63) is 15.6 Å². The summed E-state index contributed by atoms with van der Waals surface area (Å²) in [7, 11) is 0. The predicted octanol–water partition coefficient (Wildman–Crippen LogP) is 4.35. The van der Waals surface area contributed by atoms with E-state index in [4.69, 9.17) is 4.98 Å². The number of hydrogen-bond donors (Lipinski definition) is 1. The third-order valence-corrected chi connectivity index (χ3v) is 5.27. The van der Waals surface area contributed by atoms with E-state index >= 15 is 0 Å². The van der Waals surface area contributed by atoms with Crippen LogP contribution in [0.15, 0.2) is 0 Å². The Kier molecular flexibility index (Phi) is 5.40. The molecular formula is C16H28N2S. The summed E-state index contributed by atoms with van der Waals surface area (Å²) >= 11 is 1.96. The molecule has 3 heteroatoms. The second-order valence-corrected chi connectivity index (χ2v) is 7.53. The van der Waals surface area contributed by atoms with Crippen LogP contribution in [0.3, 0.4) is 0 Å². The molecule has 1 N–H and O–H groups in total. The molecule has 19 heavy (non-hydrogen) atoms. The van der Waals surface area contributed by atoms with Crippen LogP contribution in [-0.4, -0.2) is 11.5 Å². The van der Waals surface area contributed by atoms with E-state index in [0.717, 1.165) is 31.3 Å². The zero-order valence-electron chi connectivity index (χ0n) is 12.8. The lowest BCUT2D eigenvalue weighted by atomic mass is 10.1. The van der Waals surface area contributed by atoms with E-state index in [-0.39, 0.29) is 0 Å². The Morgan fingerprint density at radius 3 is 2.74 bits per heavy atom. The Balaban J connectivity index is 2.00. The van der Waals surface area contributed by atoms with Crippen LogP contribution >= 0.6 is 11.3 Å². The topological polar surface area (TPSA) is 24.9 Å². The zero-order valence-corrected chi connectivity index (χ0v) is 13.6. The molecule has 2 atom stereocenters. The molecule has 1 aliphatic carbocycles. The summed E-state index contributed by atoms with van der Waals surface area (Å²) in [6.07, 6.45) is 5.14. The molecule has 0 radical (unpaired) electrons. The molecule has 0 aromatic carbocycles. The van der Waals surface area contributed by atoms with E-state index in [0.29, 0.717) is 5.92 Å². The van der Waals surface area contributed by atoms with Gasteiger partial charge in [-0.05, 0) is 37.6 Å². The molecular weight excluding hydrogens is 252 g/mol. The summed E-state index contributed by atoms with van der Waals surface area (Å²) in [5.74, 6) is 2.35. The first-order valence-electron chi connectivity index (χ1n) is 7.79. The lowest BCUT2D eigenvalue weighted by Crippen LogP contribution is -2.18. The first-order chi connectivity index (χ1) is 9.10. The molecule has 1 fully saturated rings. The van der Waals surface area contributed by atoms with E-state index in [1.807, 2.05) is 11.3 Å². The maximum absolute atomic E-state index is 4.92. The van der Waals surface area contributed by atoms with Gasteiger partial charge in [0.1, 0.15) is 0 Å². The van der Waals surface area contributed by atoms with Crippen molar-refractivity contribution in [2.24, 2.45) is 11.8 Å². The molecule has 2 rings (SSSR count). The molecule has 0 aliphatic heterocycles. The lowest BCUT2D eigenvalue weighted by Gasteiger charge is -2.06. The number of rotatable bonds is 6. The molecule has 0 spiro atoms. The molecule has 1 aromatic heterocycles. The third kappa shape index (κ3) is 4.03. The van der Waals surface area contributed by atoms with Crippen LogP contribution in [-0.2, 0) is 13.0 Å². The third-order valence-electron chi connectivity index (χ3n) is 4.01. The smallest absolute Gasteiger partial charge is 0.0962 e. The van der Waals surface area contributed by atoms with Crippen LogP contribution in [0, 0.1) is 11.8 Å². The van der Waals surface area contributed by atoms with Gasteiger partial charge in [-0.3, -0.25) is 0 Å². The zero-order chi connectivity index (χ0) is 13.8. The van der Waals surface area contributed by atoms with Gasteiger partial charge in [-0.2, -0.15) is 0 Å². The Morgan fingerprint density at radius 2 is 2.16 bits per heavy atom. The molecule has 108 valence electrons. The SMILES string of the molecule is CCc1nc(C2CCC(C)C2)sc1CNCC(C)C. The average molecular weight is 280 g/mol. The summed E-state index contributed by atoms with van der Waals surface area (Å²) in [6.45, 7) is 11.2. The Bertz CT molecular complexity index is 397. The van der Waals surface area contributed by atoms with E-state index in [9.17, 15) is 0 Å². The van der Waals surface area contributed by atoms with Crippen molar-refractivity contribution in [2.45, 2.75) is 65.8 Å². The largest absolute Gasteiger partial charge is 0.312 e. The summed E-state index contributed by atoms with van der Waals surface area (Å²) in [4.78, 5) is 6.39. The highest BCUT2D eigenvalue weighted by Crippen LogP contribution is 2.40. The van der Waals surface area contributed by atoms with Crippen molar-refractivity contribution in [1.29, 1.82) is 0 Å². The van der Waals surface area contributed by atoms with Crippen LogP contribution < -0.4 is 5.32 Å². The Labute approximate surface area is 122 Å². The summed E-state index contributed by atoms with van der Waals surface area (Å²) < 4.78 is 0. The fourth-order valence-corrected chi connectivity index (χ4v) is 4.17. The van der Waals surface area contributed by atoms with Gasteiger partial charge in [-0.25, -0.2) is 4.98 Å². The molecule has 1 heterocycles. The van der Waals surface area contributed by atoms with Crippen LogP contribution in [0.5, 0.6) is 0 Å². The summed E-state index contributed by atoms with van der Waals surface area (Å²) in [6, 6.07) is 0. The van der Waals surface area contributed by atoms with Gasteiger partial charge in [-0.15, -0.1) is 11.3 Å². The van der Waals surface area contributed by atoms with Gasteiger partial charge in [-0.1, -0.05) is 34.1 Å². The normalized spacial score (nSPS) is 23.4. The van der Waals surface area contributed by atoms with Crippen molar-refractivity contribution in [2.75, 3.05) is 6.54 Å². The monoisotopic (exact) mass is 280 g/mol. The highest BCUT2D eigenvalue weighted by atomic mass is 32.1. The lowest BCUT2D eigenvalue weighted by molar-refractivity contribution is 0.553. The number of aryl methyl sites for hydroxylation is 1. The van der Waals surface area contributed by atoms with Gasteiger partial charge in [0.15, 0.2) is 0 Å².